The van der Waals surface area contributed by atoms with E-state index < -0.39 is 10.6 Å². The van der Waals surface area contributed by atoms with Crippen molar-refractivity contribution in [3.63, 3.8) is 0 Å². The molecule has 0 rings (SSSR count). The first kappa shape index (κ1) is 2.19. The van der Waals surface area contributed by atoms with Crippen LogP contribution in [0.25, 0.3) is 0 Å². The van der Waals surface area contributed by atoms with E-state index in [1.165, 1.54) is 0 Å². The van der Waals surface area contributed by atoms with Crippen LogP contribution in [0.4, 0.5) is 0 Å². The molecule has 26 valence electrons. The first-order valence-electron chi connectivity index (χ1n) is 1.92. The molecule has 0 aliphatic rings. The van der Waals surface area contributed by atoms with E-state index in [9.17, 15) is 0 Å². The van der Waals surface area contributed by atoms with Gasteiger partial charge in [-0.05, 0) is 0 Å². The molecule has 0 radical (unpaired) electrons. The summed E-state index contributed by atoms with van der Waals surface area (Å²) in [5, 5.41) is -1.00. The second-order valence-electron chi connectivity index (χ2n) is 0.252. The zero-order chi connectivity index (χ0) is 5.15. The first-order chi connectivity index (χ1) is 2.64. The molecule has 2 heteroatoms. The van der Waals surface area contributed by atoms with Crippen LogP contribution in [0.15, 0.2) is 0 Å². The molecule has 0 aromatic carbocycles. The summed E-state index contributed by atoms with van der Waals surface area (Å²) < 4.78 is 13.4. The van der Waals surface area contributed by atoms with Crippen molar-refractivity contribution < 1.29 is 2.74 Å². The summed E-state index contributed by atoms with van der Waals surface area (Å²) in [5.74, 6) is 0. The minimum atomic E-state index is -0.502. The molecule has 0 aliphatic heterocycles. The van der Waals surface area contributed by atoms with Crippen molar-refractivity contribution in [1.82, 2.24) is 0 Å². The van der Waals surface area contributed by atoms with Crippen molar-refractivity contribution in [3.05, 3.63) is 0 Å². The predicted octanol–water partition coefficient (Wildman–Crippen LogP) is 1.78. The fourth-order valence-corrected chi connectivity index (χ4v) is 0. The van der Waals surface area contributed by atoms with Crippen LogP contribution in [0.3, 0.4) is 0 Å². The first-order valence-corrected chi connectivity index (χ1v) is 2.60. The Hall–Kier alpha value is 0.960. The quantitative estimate of drug-likeness (QED) is 0.552. The van der Waals surface area contributed by atoms with Gasteiger partial charge in [0.15, 0.2) is 0 Å². The Bertz CT molecular complexity index is 30.5. The van der Waals surface area contributed by atoms with Gasteiger partial charge in [-0.3, -0.25) is 0 Å². The molecule has 0 saturated heterocycles. The molecule has 0 aromatic heterocycles. The summed E-state index contributed by atoms with van der Waals surface area (Å²) in [6, 6.07) is 0. The molecular weight excluding hydrogens is 184 g/mol. The van der Waals surface area contributed by atoms with Crippen LogP contribution in [-0.4, -0.2) is 10.6 Å². The highest BCUT2D eigenvalue weighted by molar-refractivity contribution is 9.11. The largest absolute Gasteiger partial charge is 0.0919 e. The Morgan fingerprint density at radius 3 is 1.75 bits per heavy atom. The average Bonchev–Trinajstić information content (AvgIpc) is 1.36. The summed E-state index contributed by atoms with van der Waals surface area (Å²) in [6.07, 6.45) is 0. The Morgan fingerprint density at radius 1 is 1.50 bits per heavy atom. The van der Waals surface area contributed by atoms with Crippen LogP contribution >= 0.6 is 31.9 Å². The molecule has 0 saturated carbocycles. The topological polar surface area (TPSA) is 0 Å². The van der Waals surface area contributed by atoms with Gasteiger partial charge in [0.2, 0.25) is 0 Å². The van der Waals surface area contributed by atoms with Gasteiger partial charge in [-0.15, -0.1) is 0 Å². The van der Waals surface area contributed by atoms with E-state index in [0.717, 1.165) is 0 Å². The highest BCUT2D eigenvalue weighted by Crippen LogP contribution is 1.82. The van der Waals surface area contributed by atoms with E-state index in [4.69, 9.17) is 2.74 Å². The second-order valence-corrected chi connectivity index (χ2v) is 1.31. The second kappa shape index (κ2) is 3.96. The van der Waals surface area contributed by atoms with Gasteiger partial charge in [-0.25, -0.2) is 0 Å². The number of alkyl halides is 2. The van der Waals surface area contributed by atoms with Crippen LogP contribution in [0.1, 0.15) is 2.74 Å². The third-order valence-electron chi connectivity index (χ3n) is 0.0476. The van der Waals surface area contributed by atoms with Crippen LogP contribution in [0, 0.1) is 0 Å². The van der Waals surface area contributed by atoms with Gasteiger partial charge < -0.3 is 0 Å². The van der Waals surface area contributed by atoms with Gasteiger partial charge in [0.25, 0.3) is 0 Å². The third kappa shape index (κ3) is 2.96. The molecule has 0 aromatic rings. The van der Waals surface area contributed by atoms with E-state index in [1.54, 1.807) is 0 Å². The summed E-state index contributed by atoms with van der Waals surface area (Å²) >= 11 is 5.74. The minimum Gasteiger partial charge on any atom is -0.0919 e. The van der Waals surface area contributed by atoms with Crippen molar-refractivity contribution in [1.29, 1.82) is 0 Å². The smallest absolute Gasteiger partial charge is 0.0395 e. The molecule has 0 nitrogen and oxygen atoms in total. The molecule has 0 spiro atoms. The molecule has 0 bridgehead atoms. The van der Waals surface area contributed by atoms with E-state index in [1.807, 2.05) is 0 Å². The zero-order valence-electron chi connectivity index (χ0n) is 3.91. The van der Waals surface area contributed by atoms with Crippen LogP contribution in [-0.2, 0) is 0 Å². The Balaban J connectivity index is 2.99. The number of rotatable bonds is 1. The molecule has 0 amide bonds. The maximum absolute atomic E-state index is 6.71. The fourth-order valence-electron chi connectivity index (χ4n) is 0. The SMILES string of the molecule is [2H]C(Br)C([2H])Br. The molecule has 0 N–H and O–H groups in total. The number of hydrogen-bond donors (Lipinski definition) is 0. The summed E-state index contributed by atoms with van der Waals surface area (Å²) in [4.78, 5) is 0. The van der Waals surface area contributed by atoms with Crippen molar-refractivity contribution >= 4 is 31.9 Å². The lowest BCUT2D eigenvalue weighted by Gasteiger charge is -1.63. The summed E-state index contributed by atoms with van der Waals surface area (Å²) in [5.41, 5.74) is 0. The van der Waals surface area contributed by atoms with E-state index in [-0.39, 0.29) is 0 Å². The zero-order valence-corrected chi connectivity index (χ0v) is 5.08. The molecule has 0 fully saturated rings. The molecule has 2 atom stereocenters. The van der Waals surface area contributed by atoms with Crippen molar-refractivity contribution in [2.24, 2.45) is 0 Å². The monoisotopic (exact) mass is 188 g/mol. The van der Waals surface area contributed by atoms with Crippen molar-refractivity contribution in [2.75, 3.05) is 10.6 Å². The maximum Gasteiger partial charge on any atom is 0.0395 e. The van der Waals surface area contributed by atoms with Crippen LogP contribution < -0.4 is 0 Å². The predicted molar refractivity (Wildman–Crippen MR) is 27.6 cm³/mol. The summed E-state index contributed by atoms with van der Waals surface area (Å²) in [7, 11) is 0. The lowest BCUT2D eigenvalue weighted by molar-refractivity contribution is 1.62. The van der Waals surface area contributed by atoms with E-state index in [0.29, 0.717) is 0 Å². The van der Waals surface area contributed by atoms with Gasteiger partial charge in [-0.2, -0.15) is 0 Å². The Labute approximate surface area is 45.6 Å². The standard InChI is InChI=1S/C2H4Br2/c3-1-2-4/h1-2H2/i1D,2D. The average molecular weight is 190 g/mol. The number of halogens is 2. The Kier molecular flexibility index (Phi) is 2.17. The van der Waals surface area contributed by atoms with Gasteiger partial charge in [0.1, 0.15) is 0 Å². The summed E-state index contributed by atoms with van der Waals surface area (Å²) in [6.45, 7) is 0. The van der Waals surface area contributed by atoms with Crippen LogP contribution in [0.2, 0.25) is 0 Å². The normalized spacial score (nSPS) is 30.5. The van der Waals surface area contributed by atoms with Crippen molar-refractivity contribution in [2.45, 2.75) is 0 Å². The fraction of sp³-hybridized carbons (Fsp3) is 1.00. The van der Waals surface area contributed by atoms with E-state index in [2.05, 4.69) is 31.9 Å². The minimum absolute atomic E-state index is 0.502. The maximum atomic E-state index is 6.71. The third-order valence-corrected chi connectivity index (χ3v) is 1.29. The lowest BCUT2D eigenvalue weighted by Crippen LogP contribution is -1.61. The van der Waals surface area contributed by atoms with Gasteiger partial charge in [-0.1, -0.05) is 31.9 Å². The molecular formula is C2H4Br2. The number of hydrogen-bond acceptors (Lipinski definition) is 0. The van der Waals surface area contributed by atoms with Gasteiger partial charge >= 0.3 is 0 Å². The molecule has 2 unspecified atom stereocenters. The molecule has 0 aliphatic carbocycles. The highest BCUT2D eigenvalue weighted by Gasteiger charge is 1.60. The highest BCUT2D eigenvalue weighted by atomic mass is 79.9. The van der Waals surface area contributed by atoms with Crippen LogP contribution in [0.5, 0.6) is 0 Å². The molecule has 4 heavy (non-hydrogen) atoms. The Morgan fingerprint density at radius 2 is 1.75 bits per heavy atom. The van der Waals surface area contributed by atoms with Crippen molar-refractivity contribution in [3.8, 4) is 0 Å². The van der Waals surface area contributed by atoms with E-state index >= 15 is 0 Å². The lowest BCUT2D eigenvalue weighted by atomic mass is 11.0. The van der Waals surface area contributed by atoms with Gasteiger partial charge in [0.05, 0.1) is 0 Å². The van der Waals surface area contributed by atoms with Gasteiger partial charge in [0, 0.05) is 13.4 Å². The molecule has 0 heterocycles.